The minimum atomic E-state index is 0.386. The Balaban J connectivity index is 1.22. The summed E-state index contributed by atoms with van der Waals surface area (Å²) in [6, 6.07) is 0.386. The molecule has 7 heteroatoms. The van der Waals surface area contributed by atoms with Crippen molar-refractivity contribution in [2.45, 2.75) is 38.8 Å². The second-order valence-corrected chi connectivity index (χ2v) is 8.79. The van der Waals surface area contributed by atoms with Gasteiger partial charge in [0.2, 0.25) is 5.95 Å². The van der Waals surface area contributed by atoms with Crippen LogP contribution in [0, 0.1) is 0 Å². The van der Waals surface area contributed by atoms with Crippen molar-refractivity contribution in [2.24, 2.45) is 0 Å². The molecule has 7 nitrogen and oxygen atoms in total. The molecule has 1 fully saturated rings. The predicted octanol–water partition coefficient (Wildman–Crippen LogP) is 2.05. The van der Waals surface area contributed by atoms with Gasteiger partial charge in [0.05, 0.1) is 17.1 Å². The molecule has 31 heavy (non-hydrogen) atoms. The average Bonchev–Trinajstić information content (AvgIpc) is 2.79. The van der Waals surface area contributed by atoms with Gasteiger partial charge in [-0.3, -0.25) is 14.9 Å². The van der Waals surface area contributed by atoms with Gasteiger partial charge in [-0.1, -0.05) is 18.2 Å². The summed E-state index contributed by atoms with van der Waals surface area (Å²) in [5.74, 6) is 0.899. The highest BCUT2D eigenvalue weighted by atomic mass is 15.3. The molecule has 162 valence electrons. The molecule has 5 rings (SSSR count). The molecule has 0 aromatic carbocycles. The second-order valence-electron chi connectivity index (χ2n) is 8.79. The lowest BCUT2D eigenvalue weighted by molar-refractivity contribution is 0.220. The first kappa shape index (κ1) is 20.3. The van der Waals surface area contributed by atoms with Crippen LogP contribution in [0.5, 0.6) is 0 Å². The van der Waals surface area contributed by atoms with Gasteiger partial charge in [-0.2, -0.15) is 0 Å². The smallest absolute Gasteiger partial charge is 0.225 e. The molecule has 0 bridgehead atoms. The molecule has 1 unspecified atom stereocenters. The normalized spacial score (nSPS) is 21.0. The lowest BCUT2D eigenvalue weighted by Gasteiger charge is -2.39. The fourth-order valence-corrected chi connectivity index (χ4v) is 4.75. The van der Waals surface area contributed by atoms with Crippen LogP contribution in [0.3, 0.4) is 0 Å². The lowest BCUT2D eigenvalue weighted by atomic mass is 10.00. The number of hydrogen-bond donors (Lipinski definition) is 0. The zero-order valence-corrected chi connectivity index (χ0v) is 18.5. The van der Waals surface area contributed by atoms with Crippen molar-refractivity contribution in [2.75, 3.05) is 44.7 Å². The number of piperazine rings is 1. The van der Waals surface area contributed by atoms with Crippen LogP contribution < -0.4 is 4.90 Å². The topological polar surface area (TPSA) is 61.3 Å². The summed E-state index contributed by atoms with van der Waals surface area (Å²) < 4.78 is 0. The van der Waals surface area contributed by atoms with Crippen molar-refractivity contribution in [1.29, 1.82) is 0 Å². The van der Waals surface area contributed by atoms with E-state index in [1.165, 1.54) is 16.8 Å². The van der Waals surface area contributed by atoms with Gasteiger partial charge in [0.15, 0.2) is 0 Å². The first-order valence-electron chi connectivity index (χ1n) is 11.3. The molecule has 0 amide bonds. The molecule has 0 saturated carbocycles. The Hall–Kier alpha value is -2.64. The summed E-state index contributed by atoms with van der Waals surface area (Å²) in [5.41, 5.74) is 6.06. The van der Waals surface area contributed by atoms with E-state index in [0.717, 1.165) is 75.9 Å². The number of nitrogens with zero attached hydrogens (tertiary/aromatic N) is 7. The quantitative estimate of drug-likeness (QED) is 0.757. The third kappa shape index (κ3) is 4.38. The maximum Gasteiger partial charge on any atom is 0.225 e. The Morgan fingerprint density at radius 1 is 0.903 bits per heavy atom. The van der Waals surface area contributed by atoms with Crippen LogP contribution in [0.25, 0.3) is 0 Å². The minimum absolute atomic E-state index is 0.386. The Kier molecular flexibility index (Phi) is 5.78. The number of rotatable bonds is 3. The fourth-order valence-electron chi connectivity index (χ4n) is 4.75. The largest absolute Gasteiger partial charge is 0.338 e. The zero-order valence-electron chi connectivity index (χ0n) is 18.5. The summed E-state index contributed by atoms with van der Waals surface area (Å²) in [6.07, 6.45) is 15.2. The predicted molar refractivity (Wildman–Crippen MR) is 122 cm³/mol. The summed E-state index contributed by atoms with van der Waals surface area (Å²) in [5, 5.41) is 0. The Bertz CT molecular complexity index is 991. The van der Waals surface area contributed by atoms with Crippen LogP contribution >= 0.6 is 0 Å². The van der Waals surface area contributed by atoms with E-state index in [-0.39, 0.29) is 0 Å². The van der Waals surface area contributed by atoms with E-state index in [2.05, 4.69) is 61.9 Å². The minimum Gasteiger partial charge on any atom is -0.338 e. The first-order chi connectivity index (χ1) is 15.2. The van der Waals surface area contributed by atoms with Crippen LogP contribution in [0.2, 0.25) is 0 Å². The third-order valence-corrected chi connectivity index (χ3v) is 6.75. The maximum atomic E-state index is 4.91. The molecule has 2 aromatic heterocycles. The molecule has 1 saturated heterocycles. The van der Waals surface area contributed by atoms with Gasteiger partial charge in [-0.15, -0.1) is 0 Å². The van der Waals surface area contributed by atoms with E-state index >= 15 is 0 Å². The highest BCUT2D eigenvalue weighted by Gasteiger charge is 2.25. The monoisotopic (exact) mass is 417 g/mol. The van der Waals surface area contributed by atoms with Gasteiger partial charge >= 0.3 is 0 Å². The Morgan fingerprint density at radius 2 is 1.68 bits per heavy atom. The van der Waals surface area contributed by atoms with Gasteiger partial charge < -0.3 is 9.80 Å². The molecule has 1 aliphatic carbocycles. The van der Waals surface area contributed by atoms with Crippen LogP contribution in [0.1, 0.15) is 29.6 Å². The maximum absolute atomic E-state index is 4.91. The van der Waals surface area contributed by atoms with Crippen molar-refractivity contribution in [3.63, 3.8) is 0 Å². The Labute approximate surface area is 184 Å². The van der Waals surface area contributed by atoms with Crippen LogP contribution in [0.15, 0.2) is 42.4 Å². The number of allylic oxidation sites excluding steroid dienone is 2. The van der Waals surface area contributed by atoms with Crippen molar-refractivity contribution in [3.05, 3.63) is 65.0 Å². The lowest BCUT2D eigenvalue weighted by Crippen LogP contribution is -2.50. The Morgan fingerprint density at radius 3 is 2.48 bits per heavy atom. The van der Waals surface area contributed by atoms with E-state index in [9.17, 15) is 0 Å². The van der Waals surface area contributed by atoms with Crippen LogP contribution in [0.4, 0.5) is 5.95 Å². The highest BCUT2D eigenvalue weighted by molar-refractivity contribution is 5.36. The molecular formula is C24H31N7. The molecular weight excluding hydrogens is 386 g/mol. The third-order valence-electron chi connectivity index (χ3n) is 6.75. The number of aromatic nitrogens is 4. The molecule has 0 radical (unpaired) electrons. The molecule has 2 aliphatic heterocycles. The molecule has 0 spiro atoms. The van der Waals surface area contributed by atoms with Crippen molar-refractivity contribution in [1.82, 2.24) is 29.7 Å². The van der Waals surface area contributed by atoms with E-state index in [1.807, 2.05) is 6.20 Å². The SMILES string of the molecule is CC(C1=CCc2nccnc2CC=C1)N1CCN(c2ncc3c(n2)CCN(C)C3)CC1. The highest BCUT2D eigenvalue weighted by Crippen LogP contribution is 2.22. The van der Waals surface area contributed by atoms with E-state index in [1.54, 1.807) is 12.4 Å². The summed E-state index contributed by atoms with van der Waals surface area (Å²) in [4.78, 5) is 25.8. The molecule has 1 atom stereocenters. The van der Waals surface area contributed by atoms with E-state index in [0.29, 0.717) is 6.04 Å². The molecule has 3 aliphatic rings. The number of anilines is 1. The fraction of sp³-hybridized carbons (Fsp3) is 0.500. The van der Waals surface area contributed by atoms with Gasteiger partial charge in [0.25, 0.3) is 0 Å². The van der Waals surface area contributed by atoms with Crippen LogP contribution in [-0.2, 0) is 25.8 Å². The standard InChI is InChI=1S/C24H31N7/c1-18(19-4-3-5-22-23(7-6-19)26-10-9-25-22)30-12-14-31(15-13-30)24-27-16-20-17-29(2)11-8-21(20)28-24/h3-4,6,9-10,16,18H,5,7-8,11-15,17H2,1-2H3. The van der Waals surface area contributed by atoms with Crippen LogP contribution in [-0.4, -0.2) is 75.5 Å². The number of fused-ring (bicyclic) bond motifs is 2. The van der Waals surface area contributed by atoms with E-state index < -0.39 is 0 Å². The van der Waals surface area contributed by atoms with E-state index in [4.69, 9.17) is 4.98 Å². The van der Waals surface area contributed by atoms with Crippen molar-refractivity contribution < 1.29 is 0 Å². The van der Waals surface area contributed by atoms with Gasteiger partial charge in [0.1, 0.15) is 0 Å². The van der Waals surface area contributed by atoms with Gasteiger partial charge in [-0.05, 0) is 19.5 Å². The second kappa shape index (κ2) is 8.85. The summed E-state index contributed by atoms with van der Waals surface area (Å²) >= 11 is 0. The molecule has 0 N–H and O–H groups in total. The van der Waals surface area contributed by atoms with Gasteiger partial charge in [0, 0.05) is 88.7 Å². The molecule has 4 heterocycles. The molecule has 2 aromatic rings. The average molecular weight is 418 g/mol. The zero-order chi connectivity index (χ0) is 21.2. The summed E-state index contributed by atoms with van der Waals surface area (Å²) in [6.45, 7) is 8.32. The number of likely N-dealkylation sites (N-methyl/N-ethyl adjacent to an activating group) is 1. The summed E-state index contributed by atoms with van der Waals surface area (Å²) in [7, 11) is 2.16. The number of hydrogen-bond acceptors (Lipinski definition) is 7. The van der Waals surface area contributed by atoms with Crippen molar-refractivity contribution >= 4 is 5.95 Å². The van der Waals surface area contributed by atoms with Crippen molar-refractivity contribution in [3.8, 4) is 0 Å². The van der Waals surface area contributed by atoms with Gasteiger partial charge in [-0.25, -0.2) is 9.97 Å². The first-order valence-corrected chi connectivity index (χ1v) is 11.3.